The summed E-state index contributed by atoms with van der Waals surface area (Å²) in [7, 11) is -0.336. The van der Waals surface area contributed by atoms with Gasteiger partial charge in [-0.25, -0.2) is 0 Å². The summed E-state index contributed by atoms with van der Waals surface area (Å²) in [6.07, 6.45) is 0. The van der Waals surface area contributed by atoms with Crippen LogP contribution < -0.4 is 10.1 Å². The van der Waals surface area contributed by atoms with Gasteiger partial charge in [-0.05, 0) is 34.8 Å². The van der Waals surface area contributed by atoms with E-state index in [1.54, 1.807) is 25.2 Å². The molecule has 1 amide bonds. The Labute approximate surface area is 158 Å². The zero-order chi connectivity index (χ0) is 20.1. The Balaban J connectivity index is 3.56. The molecule has 0 fully saturated rings. The first-order valence-corrected chi connectivity index (χ1v) is 11.4. The third-order valence-corrected chi connectivity index (χ3v) is 11.3. The van der Waals surface area contributed by atoms with Gasteiger partial charge in [0.1, 0.15) is 13.8 Å². The molecule has 1 aromatic rings. The average molecular weight is 374 g/mol. The fourth-order valence-electron chi connectivity index (χ4n) is 3.80. The Morgan fingerprint density at radius 3 is 2.00 bits per heavy atom. The molecule has 0 heterocycles. The van der Waals surface area contributed by atoms with E-state index in [9.17, 15) is 9.59 Å². The summed E-state index contributed by atoms with van der Waals surface area (Å²) in [6, 6.07) is 4.96. The van der Waals surface area contributed by atoms with Crippen LogP contribution in [0.2, 0.25) is 16.6 Å². The molecule has 142 valence electrons. The van der Waals surface area contributed by atoms with Crippen LogP contribution in [-0.2, 0) is 4.79 Å². The number of amides is 1. The normalized spacial score (nSPS) is 11.3. The zero-order valence-corrected chi connectivity index (χ0v) is 18.2. The summed E-state index contributed by atoms with van der Waals surface area (Å²) in [5.41, 5.74) is 6.20. The highest BCUT2D eigenvalue weighted by atomic mass is 28.3. The molecule has 0 saturated heterocycles. The van der Waals surface area contributed by atoms with E-state index in [2.05, 4.69) is 58.3 Å². The first-order chi connectivity index (χ1) is 12.1. The largest absolute Gasteiger partial charge is 0.427 e. The van der Waals surface area contributed by atoms with Crippen LogP contribution in [0.3, 0.4) is 0 Å². The summed E-state index contributed by atoms with van der Waals surface area (Å²) in [5.74, 6) is 3.09. The number of hydrogen-bond acceptors (Lipinski definition) is 3. The summed E-state index contributed by atoms with van der Waals surface area (Å²) >= 11 is 0. The number of carbonyl (C=O) groups excluding carboxylic acids is 2. The Hall–Kier alpha value is -2.06. The fourth-order valence-corrected chi connectivity index (χ4v) is 9.01. The summed E-state index contributed by atoms with van der Waals surface area (Å²) in [5, 5.41) is 2.64. The van der Waals surface area contributed by atoms with E-state index in [1.165, 1.54) is 6.92 Å². The molecular formula is C21H31NO3Si. The minimum atomic E-state index is -1.93. The molecule has 0 aliphatic heterocycles. The number of esters is 1. The molecule has 0 radical (unpaired) electrons. The third kappa shape index (κ3) is 4.76. The third-order valence-electron chi connectivity index (χ3n) is 5.00. The van der Waals surface area contributed by atoms with E-state index in [4.69, 9.17) is 4.74 Å². The standard InChI is InChI=1S/C21H31NO3Si/c1-14(2)26(15(3)4,16(5)6)12-11-18-13-19(25-17(7)23)9-10-20(18)21(24)22-8/h9-10,13-16H,1-8H3,(H,22,24). The molecule has 0 bridgehead atoms. The monoisotopic (exact) mass is 373 g/mol. The van der Waals surface area contributed by atoms with Gasteiger partial charge < -0.3 is 10.1 Å². The number of nitrogens with one attached hydrogen (secondary N) is 1. The van der Waals surface area contributed by atoms with Crippen LogP contribution in [0.15, 0.2) is 18.2 Å². The first-order valence-electron chi connectivity index (χ1n) is 9.13. The van der Waals surface area contributed by atoms with Crippen molar-refractivity contribution >= 4 is 20.0 Å². The number of benzene rings is 1. The lowest BCUT2D eigenvalue weighted by Gasteiger charge is -2.38. The maximum absolute atomic E-state index is 12.2. The topological polar surface area (TPSA) is 55.4 Å². The van der Waals surface area contributed by atoms with Gasteiger partial charge >= 0.3 is 5.97 Å². The predicted octanol–water partition coefficient (Wildman–Crippen LogP) is 4.54. The first kappa shape index (κ1) is 22.0. The SMILES string of the molecule is CNC(=O)c1ccc(OC(C)=O)cc1C#C[Si](C(C)C)(C(C)C)C(C)C. The van der Waals surface area contributed by atoms with Gasteiger partial charge in [0, 0.05) is 19.5 Å². The van der Waals surface area contributed by atoms with Gasteiger partial charge in [0.2, 0.25) is 0 Å². The van der Waals surface area contributed by atoms with E-state index in [0.717, 1.165) is 0 Å². The molecule has 0 aromatic heterocycles. The predicted molar refractivity (Wildman–Crippen MR) is 109 cm³/mol. The molecule has 1 N–H and O–H groups in total. The number of hydrogen-bond donors (Lipinski definition) is 1. The molecule has 0 spiro atoms. The van der Waals surface area contributed by atoms with Crippen molar-refractivity contribution in [2.75, 3.05) is 7.05 Å². The van der Waals surface area contributed by atoms with Gasteiger partial charge in [-0.3, -0.25) is 9.59 Å². The quantitative estimate of drug-likeness (QED) is 0.357. The van der Waals surface area contributed by atoms with Crippen LogP contribution in [-0.4, -0.2) is 27.0 Å². The molecule has 0 aliphatic rings. The van der Waals surface area contributed by atoms with Crippen LogP contribution in [0.5, 0.6) is 5.75 Å². The van der Waals surface area contributed by atoms with E-state index < -0.39 is 14.0 Å². The molecule has 0 unspecified atom stereocenters. The van der Waals surface area contributed by atoms with Crippen molar-refractivity contribution in [2.24, 2.45) is 0 Å². The van der Waals surface area contributed by atoms with Crippen molar-refractivity contribution in [1.82, 2.24) is 5.32 Å². The summed E-state index contributed by atoms with van der Waals surface area (Å²) in [4.78, 5) is 23.5. The molecule has 0 aliphatic carbocycles. The molecule has 1 aromatic carbocycles. The van der Waals surface area contributed by atoms with E-state index in [-0.39, 0.29) is 5.91 Å². The van der Waals surface area contributed by atoms with Crippen LogP contribution in [0.25, 0.3) is 0 Å². The molecular weight excluding hydrogens is 342 g/mol. The lowest BCUT2D eigenvalue weighted by Crippen LogP contribution is -2.43. The molecule has 5 heteroatoms. The van der Waals surface area contributed by atoms with E-state index in [0.29, 0.717) is 33.5 Å². The molecule has 0 saturated carbocycles. The second kappa shape index (κ2) is 9.04. The highest BCUT2D eigenvalue weighted by Gasteiger charge is 2.41. The van der Waals surface area contributed by atoms with Gasteiger partial charge in [-0.1, -0.05) is 47.5 Å². The maximum atomic E-state index is 12.2. The fraction of sp³-hybridized carbons (Fsp3) is 0.524. The van der Waals surface area contributed by atoms with Gasteiger partial charge in [0.15, 0.2) is 0 Å². The van der Waals surface area contributed by atoms with Gasteiger partial charge in [0.25, 0.3) is 5.91 Å². The smallest absolute Gasteiger partial charge is 0.308 e. The lowest BCUT2D eigenvalue weighted by atomic mass is 10.1. The lowest BCUT2D eigenvalue weighted by molar-refractivity contribution is -0.131. The second-order valence-electron chi connectivity index (χ2n) is 7.53. The highest BCUT2D eigenvalue weighted by Crippen LogP contribution is 2.40. The van der Waals surface area contributed by atoms with Crippen molar-refractivity contribution in [1.29, 1.82) is 0 Å². The van der Waals surface area contributed by atoms with Crippen molar-refractivity contribution < 1.29 is 14.3 Å². The number of carbonyl (C=O) groups is 2. The highest BCUT2D eigenvalue weighted by molar-refractivity contribution is 6.90. The Morgan fingerprint density at radius 2 is 1.58 bits per heavy atom. The second-order valence-corrected chi connectivity index (χ2v) is 13.1. The minimum Gasteiger partial charge on any atom is -0.427 e. The van der Waals surface area contributed by atoms with Gasteiger partial charge in [-0.15, -0.1) is 5.54 Å². The van der Waals surface area contributed by atoms with Gasteiger partial charge in [-0.2, -0.15) is 0 Å². The van der Waals surface area contributed by atoms with Crippen LogP contribution in [0.4, 0.5) is 0 Å². The average Bonchev–Trinajstić information content (AvgIpc) is 2.53. The number of ether oxygens (including phenoxy) is 1. The summed E-state index contributed by atoms with van der Waals surface area (Å²) < 4.78 is 5.17. The van der Waals surface area contributed by atoms with Crippen molar-refractivity contribution in [3.63, 3.8) is 0 Å². The minimum absolute atomic E-state index is 0.199. The van der Waals surface area contributed by atoms with Crippen molar-refractivity contribution in [2.45, 2.75) is 65.1 Å². The van der Waals surface area contributed by atoms with Crippen LogP contribution in [0, 0.1) is 11.5 Å². The van der Waals surface area contributed by atoms with Crippen LogP contribution in [0.1, 0.15) is 64.4 Å². The number of rotatable bonds is 5. The van der Waals surface area contributed by atoms with Crippen molar-refractivity contribution in [3.8, 4) is 17.2 Å². The molecule has 0 atom stereocenters. The Kier molecular flexibility index (Phi) is 7.64. The van der Waals surface area contributed by atoms with E-state index in [1.807, 2.05) is 0 Å². The molecule has 4 nitrogen and oxygen atoms in total. The van der Waals surface area contributed by atoms with Crippen LogP contribution >= 0.6 is 0 Å². The van der Waals surface area contributed by atoms with E-state index >= 15 is 0 Å². The van der Waals surface area contributed by atoms with Gasteiger partial charge in [0.05, 0.1) is 5.56 Å². The summed E-state index contributed by atoms with van der Waals surface area (Å²) in [6.45, 7) is 14.8. The van der Waals surface area contributed by atoms with Crippen molar-refractivity contribution in [3.05, 3.63) is 29.3 Å². The molecule has 26 heavy (non-hydrogen) atoms. The Morgan fingerprint density at radius 1 is 1.04 bits per heavy atom. The maximum Gasteiger partial charge on any atom is 0.308 e. The molecule has 1 rings (SSSR count). The Bertz CT molecular complexity index is 705. The zero-order valence-electron chi connectivity index (χ0n) is 17.2.